The largest absolute Gasteiger partial charge is 0.292 e. The van der Waals surface area contributed by atoms with E-state index in [2.05, 4.69) is 10.3 Å². The first-order chi connectivity index (χ1) is 11.7. The first-order valence-corrected chi connectivity index (χ1v) is 7.57. The summed E-state index contributed by atoms with van der Waals surface area (Å²) in [6, 6.07) is 16.8. The molecule has 0 aliphatic carbocycles. The fraction of sp³-hybridized carbons (Fsp3) is 0.167. The molecule has 0 saturated heterocycles. The van der Waals surface area contributed by atoms with Crippen LogP contribution in [-0.2, 0) is 13.1 Å². The summed E-state index contributed by atoms with van der Waals surface area (Å²) in [6.07, 6.45) is 0. The van der Waals surface area contributed by atoms with Crippen LogP contribution in [0.5, 0.6) is 0 Å². The van der Waals surface area contributed by atoms with Crippen LogP contribution in [0, 0.1) is 28.5 Å². The van der Waals surface area contributed by atoms with Gasteiger partial charge in [0.15, 0.2) is 0 Å². The van der Waals surface area contributed by atoms with Crippen LogP contribution in [0.3, 0.4) is 0 Å². The van der Waals surface area contributed by atoms with Crippen molar-refractivity contribution < 1.29 is 4.39 Å². The lowest BCUT2D eigenvalue weighted by Gasteiger charge is -2.10. The molecule has 1 N–H and O–H groups in total. The quantitative estimate of drug-likeness (QED) is 0.816. The Kier molecular flexibility index (Phi) is 6.45. The standard InChI is InChI=1S/C18H14ClFN4/c19-15-7-4-8-16(20)14(15)12-24-18(10-22)17(9-21)23-11-13-5-2-1-3-6-13/h1-8,17,23H,11-12H2/t17-/m0/s1. The maximum Gasteiger partial charge on any atom is 0.148 e. The molecule has 0 heterocycles. The number of hydrogen-bond donors (Lipinski definition) is 1. The van der Waals surface area contributed by atoms with Crippen molar-refractivity contribution in [3.63, 3.8) is 0 Å². The van der Waals surface area contributed by atoms with Gasteiger partial charge in [0.2, 0.25) is 0 Å². The summed E-state index contributed by atoms with van der Waals surface area (Å²) in [4.78, 5) is 4.06. The van der Waals surface area contributed by atoms with Gasteiger partial charge in [-0.05, 0) is 17.7 Å². The molecule has 0 amide bonds. The molecule has 2 rings (SSSR count). The third-order valence-electron chi connectivity index (χ3n) is 3.34. The van der Waals surface area contributed by atoms with Gasteiger partial charge >= 0.3 is 0 Å². The fourth-order valence-corrected chi connectivity index (χ4v) is 2.28. The first kappa shape index (κ1) is 17.6. The SMILES string of the molecule is N#CC(=NCc1c(F)cccc1Cl)[C@H](C#N)NCc1ccccc1. The molecular formula is C18H14ClFN4. The third-order valence-corrected chi connectivity index (χ3v) is 3.69. The Morgan fingerprint density at radius 2 is 1.92 bits per heavy atom. The molecule has 120 valence electrons. The second kappa shape index (κ2) is 8.79. The summed E-state index contributed by atoms with van der Waals surface area (Å²) in [5.74, 6) is -0.491. The van der Waals surface area contributed by atoms with E-state index >= 15 is 0 Å². The number of rotatable bonds is 6. The summed E-state index contributed by atoms with van der Waals surface area (Å²) in [6.45, 7) is 0.319. The van der Waals surface area contributed by atoms with Gasteiger partial charge in [-0.25, -0.2) is 4.39 Å². The summed E-state index contributed by atoms with van der Waals surface area (Å²) in [5.41, 5.74) is 1.17. The van der Waals surface area contributed by atoms with E-state index in [-0.39, 0.29) is 22.8 Å². The zero-order valence-corrected chi connectivity index (χ0v) is 13.5. The van der Waals surface area contributed by atoms with E-state index in [0.29, 0.717) is 6.54 Å². The van der Waals surface area contributed by atoms with Crippen LogP contribution in [0.4, 0.5) is 4.39 Å². The molecule has 0 aliphatic rings. The molecule has 0 aliphatic heterocycles. The second-order valence-electron chi connectivity index (χ2n) is 4.94. The topological polar surface area (TPSA) is 72.0 Å². The number of aliphatic imine (C=N–C) groups is 1. The molecule has 4 nitrogen and oxygen atoms in total. The van der Waals surface area contributed by atoms with Crippen LogP contribution >= 0.6 is 11.6 Å². The maximum absolute atomic E-state index is 13.7. The second-order valence-corrected chi connectivity index (χ2v) is 5.35. The van der Waals surface area contributed by atoms with E-state index in [9.17, 15) is 14.9 Å². The molecule has 0 unspecified atom stereocenters. The van der Waals surface area contributed by atoms with E-state index in [1.54, 1.807) is 6.07 Å². The molecule has 24 heavy (non-hydrogen) atoms. The van der Waals surface area contributed by atoms with E-state index in [1.165, 1.54) is 12.1 Å². The Morgan fingerprint density at radius 3 is 2.54 bits per heavy atom. The summed E-state index contributed by atoms with van der Waals surface area (Å²) in [7, 11) is 0. The highest BCUT2D eigenvalue weighted by Crippen LogP contribution is 2.19. The van der Waals surface area contributed by atoms with Crippen molar-refractivity contribution in [2.24, 2.45) is 4.99 Å². The number of hydrogen-bond acceptors (Lipinski definition) is 4. The monoisotopic (exact) mass is 340 g/mol. The van der Waals surface area contributed by atoms with Gasteiger partial charge in [0, 0.05) is 17.1 Å². The maximum atomic E-state index is 13.7. The van der Waals surface area contributed by atoms with Gasteiger partial charge in [-0.1, -0.05) is 48.0 Å². The Balaban J connectivity index is 2.10. The molecule has 0 radical (unpaired) electrons. The number of nitrogens with zero attached hydrogens (tertiary/aromatic N) is 3. The van der Waals surface area contributed by atoms with Gasteiger partial charge < -0.3 is 0 Å². The molecule has 2 aromatic rings. The van der Waals surface area contributed by atoms with E-state index in [0.717, 1.165) is 5.56 Å². The van der Waals surface area contributed by atoms with Crippen LogP contribution in [-0.4, -0.2) is 11.8 Å². The van der Waals surface area contributed by atoms with Crippen LogP contribution in [0.15, 0.2) is 53.5 Å². The summed E-state index contributed by atoms with van der Waals surface area (Å²) in [5, 5.41) is 21.7. The van der Waals surface area contributed by atoms with E-state index in [4.69, 9.17) is 11.6 Å². The average molecular weight is 341 g/mol. The van der Waals surface area contributed by atoms with Crippen molar-refractivity contribution in [1.29, 1.82) is 10.5 Å². The third kappa shape index (κ3) is 4.63. The predicted octanol–water partition coefficient (Wildman–Crippen LogP) is 3.63. The molecule has 6 heteroatoms. The van der Waals surface area contributed by atoms with Gasteiger partial charge in [-0.15, -0.1) is 0 Å². The van der Waals surface area contributed by atoms with Gasteiger partial charge in [0.1, 0.15) is 23.6 Å². The Hall–Kier alpha value is -2.73. The highest BCUT2D eigenvalue weighted by atomic mass is 35.5. The number of nitrogens with one attached hydrogen (secondary N) is 1. The van der Waals surface area contributed by atoms with Crippen molar-refractivity contribution in [3.05, 3.63) is 70.5 Å². The zero-order valence-electron chi connectivity index (χ0n) is 12.7. The zero-order chi connectivity index (χ0) is 17.4. The molecule has 0 spiro atoms. The summed E-state index contributed by atoms with van der Waals surface area (Å²) < 4.78 is 13.7. The van der Waals surface area contributed by atoms with Crippen LogP contribution in [0.2, 0.25) is 5.02 Å². The average Bonchev–Trinajstić information content (AvgIpc) is 2.60. The normalized spacial score (nSPS) is 12.2. The Morgan fingerprint density at radius 1 is 1.17 bits per heavy atom. The van der Waals surface area contributed by atoms with Crippen molar-refractivity contribution in [2.75, 3.05) is 0 Å². The summed E-state index contributed by atoms with van der Waals surface area (Å²) >= 11 is 5.94. The van der Waals surface area contributed by atoms with Crippen LogP contribution < -0.4 is 5.32 Å². The molecule has 2 aromatic carbocycles. The van der Waals surface area contributed by atoms with Crippen molar-refractivity contribution in [3.8, 4) is 12.1 Å². The van der Waals surface area contributed by atoms with Crippen molar-refractivity contribution >= 4 is 17.3 Å². The van der Waals surface area contributed by atoms with E-state index < -0.39 is 11.9 Å². The highest BCUT2D eigenvalue weighted by Gasteiger charge is 2.15. The molecular weight excluding hydrogens is 327 g/mol. The number of nitriles is 2. The predicted molar refractivity (Wildman–Crippen MR) is 90.8 cm³/mol. The first-order valence-electron chi connectivity index (χ1n) is 7.20. The number of halogens is 2. The van der Waals surface area contributed by atoms with E-state index in [1.807, 2.05) is 42.5 Å². The highest BCUT2D eigenvalue weighted by molar-refractivity contribution is 6.31. The van der Waals surface area contributed by atoms with Gasteiger partial charge in [-0.3, -0.25) is 10.3 Å². The van der Waals surface area contributed by atoms with Gasteiger partial charge in [0.25, 0.3) is 0 Å². The lowest BCUT2D eigenvalue weighted by molar-refractivity contribution is 0.610. The molecule has 0 saturated carbocycles. The molecule has 0 aromatic heterocycles. The van der Waals surface area contributed by atoms with Crippen LogP contribution in [0.25, 0.3) is 0 Å². The van der Waals surface area contributed by atoms with Crippen LogP contribution in [0.1, 0.15) is 11.1 Å². The van der Waals surface area contributed by atoms with Gasteiger partial charge in [0.05, 0.1) is 12.6 Å². The lowest BCUT2D eigenvalue weighted by atomic mass is 10.1. The Labute approximate surface area is 144 Å². The fourth-order valence-electron chi connectivity index (χ4n) is 2.06. The minimum absolute atomic E-state index is 0.00671. The minimum atomic E-state index is -0.874. The smallest absolute Gasteiger partial charge is 0.148 e. The number of benzene rings is 2. The van der Waals surface area contributed by atoms with Crippen molar-refractivity contribution in [1.82, 2.24) is 5.32 Å². The Bertz CT molecular complexity index is 786. The molecule has 0 fully saturated rings. The minimum Gasteiger partial charge on any atom is -0.292 e. The molecule has 0 bridgehead atoms. The lowest BCUT2D eigenvalue weighted by Crippen LogP contribution is -2.34. The van der Waals surface area contributed by atoms with Crippen molar-refractivity contribution in [2.45, 2.75) is 19.1 Å². The van der Waals surface area contributed by atoms with Gasteiger partial charge in [-0.2, -0.15) is 10.5 Å². The molecule has 1 atom stereocenters.